The number of nitrogens with zero attached hydrogens (tertiary/aromatic N) is 5. The average molecular weight is 322 g/mol. The summed E-state index contributed by atoms with van der Waals surface area (Å²) in [6.07, 6.45) is 0.879. The highest BCUT2D eigenvalue weighted by Crippen LogP contribution is 2.20. The Bertz CT molecular complexity index is 777. The van der Waals surface area contributed by atoms with Gasteiger partial charge in [0.25, 0.3) is 0 Å². The van der Waals surface area contributed by atoms with Gasteiger partial charge in [-0.15, -0.1) is 0 Å². The number of rotatable bonds is 4. The van der Waals surface area contributed by atoms with Gasteiger partial charge in [-0.05, 0) is 25.1 Å². The van der Waals surface area contributed by atoms with Crippen LogP contribution in [0.5, 0.6) is 0 Å². The molecule has 1 aliphatic rings. The standard InChI is InChI=1S/C17H18N6O/c1-13-9-16(20-15-4-2-3-14(10-15)11-18)21-17(19-13)23-7-5-22(12-24)6-8-23/h2-4,9-10,12H,5-8H2,1H3,(H,19,20,21). The van der Waals surface area contributed by atoms with Gasteiger partial charge in [0, 0.05) is 43.6 Å². The lowest BCUT2D eigenvalue weighted by atomic mass is 10.2. The summed E-state index contributed by atoms with van der Waals surface area (Å²) in [6.45, 7) is 4.70. The van der Waals surface area contributed by atoms with Gasteiger partial charge in [0.2, 0.25) is 12.4 Å². The number of carbonyl (C=O) groups excluding carboxylic acids is 1. The average Bonchev–Trinajstić information content (AvgIpc) is 2.61. The van der Waals surface area contributed by atoms with E-state index in [1.165, 1.54) is 0 Å². The molecule has 122 valence electrons. The van der Waals surface area contributed by atoms with Crippen LogP contribution in [0.3, 0.4) is 0 Å². The quantitative estimate of drug-likeness (QED) is 0.862. The number of carbonyl (C=O) groups is 1. The van der Waals surface area contributed by atoms with E-state index in [9.17, 15) is 4.79 Å². The predicted molar refractivity (Wildman–Crippen MR) is 91.1 cm³/mol. The third-order valence-electron chi connectivity index (χ3n) is 3.85. The molecule has 0 spiro atoms. The fraction of sp³-hybridized carbons (Fsp3) is 0.294. The molecule has 1 aromatic carbocycles. The van der Waals surface area contributed by atoms with E-state index in [0.29, 0.717) is 43.5 Å². The predicted octanol–water partition coefficient (Wildman–Crippen LogP) is 1.68. The maximum atomic E-state index is 10.8. The van der Waals surface area contributed by atoms with Crippen molar-refractivity contribution in [1.82, 2.24) is 14.9 Å². The van der Waals surface area contributed by atoms with E-state index < -0.39 is 0 Å². The molecule has 24 heavy (non-hydrogen) atoms. The molecule has 0 unspecified atom stereocenters. The SMILES string of the molecule is Cc1cc(Nc2cccc(C#N)c2)nc(N2CCN(C=O)CC2)n1. The number of hydrogen-bond donors (Lipinski definition) is 1. The molecular formula is C17H18N6O. The van der Waals surface area contributed by atoms with Crippen molar-refractivity contribution in [2.24, 2.45) is 0 Å². The molecule has 0 aliphatic carbocycles. The molecule has 1 aromatic heterocycles. The number of hydrogen-bond acceptors (Lipinski definition) is 6. The first-order chi connectivity index (χ1) is 11.7. The topological polar surface area (TPSA) is 85.2 Å². The van der Waals surface area contributed by atoms with Crippen LogP contribution in [0.15, 0.2) is 30.3 Å². The fourth-order valence-corrected chi connectivity index (χ4v) is 2.60. The molecular weight excluding hydrogens is 304 g/mol. The minimum Gasteiger partial charge on any atom is -0.342 e. The van der Waals surface area contributed by atoms with Crippen LogP contribution in [0, 0.1) is 18.3 Å². The molecule has 2 heterocycles. The van der Waals surface area contributed by atoms with E-state index in [-0.39, 0.29) is 0 Å². The highest BCUT2D eigenvalue weighted by molar-refractivity contribution is 5.60. The lowest BCUT2D eigenvalue weighted by molar-refractivity contribution is -0.118. The minimum absolute atomic E-state index is 0.594. The Labute approximate surface area is 140 Å². The maximum Gasteiger partial charge on any atom is 0.227 e. The number of nitrogens with one attached hydrogen (secondary N) is 1. The Hall–Kier alpha value is -3.14. The molecule has 7 nitrogen and oxygen atoms in total. The molecule has 7 heteroatoms. The first kappa shape index (κ1) is 15.7. The van der Waals surface area contributed by atoms with Crippen molar-refractivity contribution in [2.45, 2.75) is 6.92 Å². The maximum absolute atomic E-state index is 10.8. The zero-order chi connectivity index (χ0) is 16.9. The number of aromatic nitrogens is 2. The number of anilines is 3. The molecule has 0 saturated carbocycles. The molecule has 0 radical (unpaired) electrons. The summed E-state index contributed by atoms with van der Waals surface area (Å²) in [5, 5.41) is 12.2. The van der Waals surface area contributed by atoms with Gasteiger partial charge in [0.05, 0.1) is 11.6 Å². The van der Waals surface area contributed by atoms with Gasteiger partial charge >= 0.3 is 0 Å². The lowest BCUT2D eigenvalue weighted by Crippen LogP contribution is -2.46. The third-order valence-corrected chi connectivity index (χ3v) is 3.85. The largest absolute Gasteiger partial charge is 0.342 e. The zero-order valence-corrected chi connectivity index (χ0v) is 13.4. The summed E-state index contributed by atoms with van der Waals surface area (Å²) >= 11 is 0. The van der Waals surface area contributed by atoms with Crippen molar-refractivity contribution in [2.75, 3.05) is 36.4 Å². The minimum atomic E-state index is 0.594. The van der Waals surface area contributed by atoms with Gasteiger partial charge in [0.1, 0.15) is 5.82 Å². The summed E-state index contributed by atoms with van der Waals surface area (Å²) in [5.41, 5.74) is 2.26. The van der Waals surface area contributed by atoms with Gasteiger partial charge in [0.15, 0.2) is 0 Å². The fourth-order valence-electron chi connectivity index (χ4n) is 2.60. The normalized spacial score (nSPS) is 14.2. The van der Waals surface area contributed by atoms with Crippen LogP contribution in [-0.4, -0.2) is 47.5 Å². The van der Waals surface area contributed by atoms with Crippen LogP contribution >= 0.6 is 0 Å². The van der Waals surface area contributed by atoms with Gasteiger partial charge in [-0.25, -0.2) is 4.98 Å². The number of aryl methyl sites for hydroxylation is 1. The van der Waals surface area contributed by atoms with E-state index >= 15 is 0 Å². The summed E-state index contributed by atoms with van der Waals surface area (Å²) in [6, 6.07) is 11.2. The molecule has 1 amide bonds. The summed E-state index contributed by atoms with van der Waals surface area (Å²) in [5.74, 6) is 1.34. The third kappa shape index (κ3) is 3.60. The van der Waals surface area contributed by atoms with Crippen LogP contribution in [0.1, 0.15) is 11.3 Å². The Morgan fingerprint density at radius 1 is 1.21 bits per heavy atom. The second kappa shape index (κ2) is 6.96. The van der Waals surface area contributed by atoms with Crippen molar-refractivity contribution < 1.29 is 4.79 Å². The molecule has 0 bridgehead atoms. The molecule has 3 rings (SSSR count). The molecule has 1 fully saturated rings. The van der Waals surface area contributed by atoms with Crippen LogP contribution in [0.25, 0.3) is 0 Å². The monoisotopic (exact) mass is 322 g/mol. The number of benzene rings is 1. The molecule has 2 aromatic rings. The van der Waals surface area contributed by atoms with Crippen molar-refractivity contribution in [3.63, 3.8) is 0 Å². The Kier molecular flexibility index (Phi) is 4.57. The van der Waals surface area contributed by atoms with Crippen molar-refractivity contribution in [3.8, 4) is 6.07 Å². The van der Waals surface area contributed by atoms with E-state index in [2.05, 4.69) is 26.3 Å². The van der Waals surface area contributed by atoms with Gasteiger partial charge in [-0.1, -0.05) is 6.07 Å². The van der Waals surface area contributed by atoms with Gasteiger partial charge < -0.3 is 15.1 Å². The summed E-state index contributed by atoms with van der Waals surface area (Å²) < 4.78 is 0. The second-order valence-electron chi connectivity index (χ2n) is 5.64. The highest BCUT2D eigenvalue weighted by atomic mass is 16.1. The smallest absolute Gasteiger partial charge is 0.227 e. The van der Waals surface area contributed by atoms with E-state index in [4.69, 9.17) is 5.26 Å². The van der Waals surface area contributed by atoms with Crippen LogP contribution in [0.4, 0.5) is 17.5 Å². The molecule has 1 saturated heterocycles. The van der Waals surface area contributed by atoms with Crippen LogP contribution in [-0.2, 0) is 4.79 Å². The van der Waals surface area contributed by atoms with Crippen molar-refractivity contribution >= 4 is 23.9 Å². The number of amides is 1. The summed E-state index contributed by atoms with van der Waals surface area (Å²) in [7, 11) is 0. The lowest BCUT2D eigenvalue weighted by Gasteiger charge is -2.32. The Balaban J connectivity index is 1.79. The van der Waals surface area contributed by atoms with Gasteiger partial charge in [-0.3, -0.25) is 4.79 Å². The number of piperazine rings is 1. The second-order valence-corrected chi connectivity index (χ2v) is 5.64. The zero-order valence-electron chi connectivity index (χ0n) is 13.4. The molecule has 1 N–H and O–H groups in total. The first-order valence-corrected chi connectivity index (χ1v) is 7.75. The summed E-state index contributed by atoms with van der Waals surface area (Å²) in [4.78, 5) is 23.7. The highest BCUT2D eigenvalue weighted by Gasteiger charge is 2.18. The van der Waals surface area contributed by atoms with Crippen LogP contribution < -0.4 is 10.2 Å². The molecule has 0 atom stereocenters. The van der Waals surface area contributed by atoms with E-state index in [1.54, 1.807) is 17.0 Å². The van der Waals surface area contributed by atoms with E-state index in [0.717, 1.165) is 17.8 Å². The first-order valence-electron chi connectivity index (χ1n) is 7.75. The van der Waals surface area contributed by atoms with Crippen molar-refractivity contribution in [1.29, 1.82) is 5.26 Å². The Morgan fingerprint density at radius 3 is 2.71 bits per heavy atom. The molecule has 1 aliphatic heterocycles. The van der Waals surface area contributed by atoms with Crippen LogP contribution in [0.2, 0.25) is 0 Å². The number of nitriles is 1. The van der Waals surface area contributed by atoms with Gasteiger partial charge in [-0.2, -0.15) is 10.2 Å². The Morgan fingerprint density at radius 2 is 2.00 bits per heavy atom. The van der Waals surface area contributed by atoms with E-state index in [1.807, 2.05) is 25.1 Å². The van der Waals surface area contributed by atoms with Crippen molar-refractivity contribution in [3.05, 3.63) is 41.6 Å².